The molecule has 0 spiro atoms. The first-order valence-electron chi connectivity index (χ1n) is 1.23. The molecule has 0 aliphatic rings. The zero-order chi connectivity index (χ0) is 4.99. The molecule has 34 valence electrons. The van der Waals surface area contributed by atoms with Crippen LogP contribution in [0.5, 0.6) is 0 Å². The molecule has 0 aromatic heterocycles. The molecule has 2 N–H and O–H groups in total. The largest absolute Gasteiger partial charge is 0.631 e. The molecule has 0 bridgehead atoms. The molecule has 0 aromatic carbocycles. The number of hydrogen-bond acceptors (Lipinski definition) is 3. The Balaban J connectivity index is 3.29. The van der Waals surface area contributed by atoms with E-state index >= 15 is 0 Å². The molecule has 0 heterocycles. The van der Waals surface area contributed by atoms with Gasteiger partial charge < -0.3 is 10.8 Å². The number of isocyanates is 1. The van der Waals surface area contributed by atoms with E-state index in [1.54, 1.807) is 0 Å². The van der Waals surface area contributed by atoms with E-state index in [4.69, 9.17) is 15.6 Å². The summed E-state index contributed by atoms with van der Waals surface area (Å²) in [5, 5.41) is 7.79. The number of rotatable bonds is 1. The Morgan fingerprint density at radius 1 is 2.00 bits per heavy atom. The molecule has 0 saturated heterocycles. The van der Waals surface area contributed by atoms with Gasteiger partial charge in [0.1, 0.15) is 0 Å². The highest BCUT2D eigenvalue weighted by atomic mass is 16.3. The summed E-state index contributed by atoms with van der Waals surface area (Å²) < 4.78 is 0. The van der Waals surface area contributed by atoms with Crippen LogP contribution in [0.1, 0.15) is 0 Å². The van der Waals surface area contributed by atoms with Gasteiger partial charge in [-0.1, -0.05) is 0 Å². The Hall–Kier alpha value is -0.700. The van der Waals surface area contributed by atoms with Crippen LogP contribution in [-0.2, 0) is 4.79 Å². The van der Waals surface area contributed by atoms with Crippen molar-refractivity contribution >= 4 is 6.08 Å². The van der Waals surface area contributed by atoms with Crippen LogP contribution in [0.2, 0.25) is 0 Å². The number of hydrogen-bond donors (Lipinski definition) is 1. The normalized spacial score (nSPS) is 12.3. The van der Waals surface area contributed by atoms with Crippen LogP contribution >= 0.6 is 0 Å². The molecule has 0 radical (unpaired) electrons. The fourth-order valence-corrected chi connectivity index (χ4v) is 0.0499. The lowest BCUT2D eigenvalue weighted by atomic mass is 11.1. The Kier molecular flexibility index (Phi) is 2.24. The van der Waals surface area contributed by atoms with Gasteiger partial charge >= 0.3 is 0 Å². The molecule has 0 aromatic rings. The van der Waals surface area contributed by atoms with E-state index in [0.717, 1.165) is 6.08 Å². The van der Waals surface area contributed by atoms with Crippen LogP contribution in [-0.4, -0.2) is 17.5 Å². The van der Waals surface area contributed by atoms with Crippen molar-refractivity contribution in [1.29, 1.82) is 0 Å². The van der Waals surface area contributed by atoms with E-state index < -0.39 is 6.35 Å². The number of carbonyl (C=O) groups excluding carboxylic acids is 1. The smallest absolute Gasteiger partial charge is 0.235 e. The molecule has 0 saturated carbocycles. The molecule has 1 atom stereocenters. The second-order valence-electron chi connectivity index (χ2n) is 0.594. The lowest BCUT2D eigenvalue weighted by Gasteiger charge is -1.97. The van der Waals surface area contributed by atoms with Gasteiger partial charge in [-0.25, -0.2) is 4.79 Å². The van der Waals surface area contributed by atoms with Crippen molar-refractivity contribution in [3.05, 3.63) is 5.73 Å². The van der Waals surface area contributed by atoms with Crippen LogP contribution in [0.3, 0.4) is 0 Å². The Bertz CT molecular complexity index is 73.6. The predicted octanol–water partition coefficient (Wildman–Crippen LogP) is -0.350. The molecule has 0 amide bonds. The second kappa shape index (κ2) is 2.53. The molecule has 6 heavy (non-hydrogen) atoms. The number of nitrogens with zero attached hydrogens (tertiary/aromatic N) is 1. The van der Waals surface area contributed by atoms with E-state index in [1.807, 2.05) is 0 Å². The third kappa shape index (κ3) is 3.30. The van der Waals surface area contributed by atoms with Crippen LogP contribution in [0, 0.1) is 0 Å². The van der Waals surface area contributed by atoms with Gasteiger partial charge in [0.05, 0.1) is 6.35 Å². The molecule has 1 unspecified atom stereocenters. The summed E-state index contributed by atoms with van der Waals surface area (Å²) in [6.07, 6.45) is -0.646. The minimum atomic E-state index is -1.65. The zero-order valence-corrected chi connectivity index (χ0v) is 2.88. The second-order valence-corrected chi connectivity index (χ2v) is 0.594. The summed E-state index contributed by atoms with van der Waals surface area (Å²) in [5.74, 6) is 0. The number of aliphatic imine (C=N–C) groups is 1. The highest BCUT2D eigenvalue weighted by Gasteiger charge is 1.68. The maximum Gasteiger partial charge on any atom is 0.235 e. The SMILES string of the molecule is [NH-]C(O)N=C=O. The van der Waals surface area contributed by atoms with Crippen molar-refractivity contribution in [2.45, 2.75) is 6.35 Å². The van der Waals surface area contributed by atoms with Crippen molar-refractivity contribution in [2.24, 2.45) is 4.99 Å². The van der Waals surface area contributed by atoms with Crippen LogP contribution in [0.4, 0.5) is 0 Å². The highest BCUT2D eigenvalue weighted by Crippen LogP contribution is 1.75. The average molecular weight is 87.1 g/mol. The molecule has 0 fully saturated rings. The molecule has 0 aliphatic heterocycles. The summed E-state index contributed by atoms with van der Waals surface area (Å²) in [5.41, 5.74) is 6.10. The Morgan fingerprint density at radius 3 is 2.50 bits per heavy atom. The Morgan fingerprint density at radius 2 is 2.50 bits per heavy atom. The molecule has 0 aliphatic carbocycles. The first kappa shape index (κ1) is 5.30. The van der Waals surface area contributed by atoms with Crippen molar-refractivity contribution < 1.29 is 9.90 Å². The third-order valence-electron chi connectivity index (χ3n) is 0.175. The highest BCUT2D eigenvalue weighted by molar-refractivity contribution is 5.33. The Labute approximate surface area is 34.3 Å². The molecule has 4 nitrogen and oxygen atoms in total. The van der Waals surface area contributed by atoms with Gasteiger partial charge in [-0.15, -0.1) is 0 Å². The van der Waals surface area contributed by atoms with Crippen molar-refractivity contribution in [2.75, 3.05) is 0 Å². The van der Waals surface area contributed by atoms with Gasteiger partial charge in [0.25, 0.3) is 0 Å². The monoisotopic (exact) mass is 87.0 g/mol. The van der Waals surface area contributed by atoms with E-state index in [9.17, 15) is 0 Å². The fraction of sp³-hybridized carbons (Fsp3) is 0.500. The van der Waals surface area contributed by atoms with E-state index in [-0.39, 0.29) is 0 Å². The lowest BCUT2D eigenvalue weighted by molar-refractivity contribution is 0.234. The summed E-state index contributed by atoms with van der Waals surface area (Å²) in [7, 11) is 0. The first-order chi connectivity index (χ1) is 2.77. The molecular weight excluding hydrogens is 84.0 g/mol. The minimum absolute atomic E-state index is 1.00. The van der Waals surface area contributed by atoms with Crippen LogP contribution in [0.15, 0.2) is 4.99 Å². The standard InChI is InChI=1S/C2H3N2O2/c3-2(6)4-1-5/h2-3,6H/q-1. The number of nitrogens with one attached hydrogen (secondary N) is 1. The maximum atomic E-state index is 9.04. The van der Waals surface area contributed by atoms with Crippen LogP contribution in [0.25, 0.3) is 5.73 Å². The number of aliphatic hydroxyl groups excluding tert-OH is 1. The summed E-state index contributed by atoms with van der Waals surface area (Å²) in [6, 6.07) is 0. The zero-order valence-electron chi connectivity index (χ0n) is 2.88. The number of aliphatic hydroxyl groups is 1. The van der Waals surface area contributed by atoms with E-state index in [1.165, 1.54) is 0 Å². The predicted molar refractivity (Wildman–Crippen MR) is 18.4 cm³/mol. The maximum absolute atomic E-state index is 9.04. The van der Waals surface area contributed by atoms with Crippen LogP contribution < -0.4 is 0 Å². The van der Waals surface area contributed by atoms with E-state index in [2.05, 4.69) is 4.99 Å². The van der Waals surface area contributed by atoms with Gasteiger partial charge in [-0.2, -0.15) is 4.99 Å². The average Bonchev–Trinajstić information content (AvgIpc) is 1.35. The third-order valence-corrected chi connectivity index (χ3v) is 0.175. The van der Waals surface area contributed by atoms with Gasteiger partial charge in [0, 0.05) is 0 Å². The fourth-order valence-electron chi connectivity index (χ4n) is 0.0499. The lowest BCUT2D eigenvalue weighted by Crippen LogP contribution is -1.88. The van der Waals surface area contributed by atoms with Crippen molar-refractivity contribution in [3.63, 3.8) is 0 Å². The van der Waals surface area contributed by atoms with Gasteiger partial charge in [0.2, 0.25) is 6.08 Å². The van der Waals surface area contributed by atoms with Crippen molar-refractivity contribution in [3.8, 4) is 0 Å². The topological polar surface area (TPSA) is 73.5 Å². The van der Waals surface area contributed by atoms with Gasteiger partial charge in [-0.3, -0.25) is 0 Å². The minimum Gasteiger partial charge on any atom is -0.631 e. The van der Waals surface area contributed by atoms with E-state index in [0.29, 0.717) is 0 Å². The van der Waals surface area contributed by atoms with Crippen molar-refractivity contribution in [1.82, 2.24) is 0 Å². The molecule has 0 rings (SSSR count). The summed E-state index contributed by atoms with van der Waals surface area (Å²) in [4.78, 5) is 11.6. The quantitative estimate of drug-likeness (QED) is 0.350. The van der Waals surface area contributed by atoms with Gasteiger partial charge in [0.15, 0.2) is 0 Å². The first-order valence-corrected chi connectivity index (χ1v) is 1.23. The van der Waals surface area contributed by atoms with Gasteiger partial charge in [-0.05, 0) is 0 Å². The summed E-state index contributed by atoms with van der Waals surface area (Å²) in [6.45, 7) is 0. The molecular formula is C2H3N2O2-. The summed E-state index contributed by atoms with van der Waals surface area (Å²) >= 11 is 0. The molecule has 4 heteroatoms.